The third-order valence-corrected chi connectivity index (χ3v) is 1.40. The van der Waals surface area contributed by atoms with E-state index >= 15 is 0 Å². The number of allylic oxidation sites excluding steroid dienone is 2. The smallest absolute Gasteiger partial charge is 0.0918 e. The molecule has 0 fully saturated rings. The lowest BCUT2D eigenvalue weighted by molar-refractivity contribution is 0.776. The Labute approximate surface area is 66.6 Å². The molecule has 0 N–H and O–H groups in total. The van der Waals surface area contributed by atoms with Crippen LogP contribution in [0, 0.1) is 0 Å². The molecule has 0 saturated heterocycles. The lowest BCUT2D eigenvalue weighted by Gasteiger charge is -2.05. The van der Waals surface area contributed by atoms with Gasteiger partial charge < -0.3 is 4.31 Å². The minimum atomic E-state index is 1.38. The molecule has 0 bridgehead atoms. The van der Waals surface area contributed by atoms with Crippen LogP contribution in [0.4, 0.5) is 0 Å². The minimum Gasteiger partial charge on any atom is -0.307 e. The maximum Gasteiger partial charge on any atom is 0.0918 e. The number of hydrogen-bond acceptors (Lipinski definition) is 3. The molecule has 0 saturated carbocycles. The zero-order chi connectivity index (χ0) is 7.82. The van der Waals surface area contributed by atoms with E-state index in [1.54, 1.807) is 12.3 Å². The monoisotopic (exact) mass is 156 g/mol. The molecule has 0 aliphatic rings. The minimum absolute atomic E-state index is 1.38. The van der Waals surface area contributed by atoms with Crippen LogP contribution in [0.2, 0.25) is 0 Å². The van der Waals surface area contributed by atoms with Gasteiger partial charge in [0.05, 0.1) is 12.1 Å². The van der Waals surface area contributed by atoms with Gasteiger partial charge in [0.1, 0.15) is 0 Å². The van der Waals surface area contributed by atoms with Crippen molar-refractivity contribution in [1.82, 2.24) is 4.31 Å². The summed E-state index contributed by atoms with van der Waals surface area (Å²) in [5, 5.41) is 0. The molecule has 0 rings (SSSR count). The predicted octanol–water partition coefficient (Wildman–Crippen LogP) is 2.27. The standard InChI is InChI=1S/C7H12N2S/c1-4-6-7-9(3)10-8-5-2/h4-7H,1H2,2-3H3/b7-6-,8-5-. The van der Waals surface area contributed by atoms with Gasteiger partial charge in [-0.25, -0.2) is 4.40 Å². The molecule has 0 aromatic heterocycles. The largest absolute Gasteiger partial charge is 0.307 e. The Kier molecular flexibility index (Phi) is 5.97. The van der Waals surface area contributed by atoms with Crippen LogP contribution < -0.4 is 0 Å². The Morgan fingerprint density at radius 1 is 1.60 bits per heavy atom. The van der Waals surface area contributed by atoms with Crippen molar-refractivity contribution in [3.05, 3.63) is 24.9 Å². The van der Waals surface area contributed by atoms with Crippen LogP contribution in [-0.2, 0) is 0 Å². The zero-order valence-electron chi connectivity index (χ0n) is 6.32. The third kappa shape index (κ3) is 5.44. The van der Waals surface area contributed by atoms with Crippen molar-refractivity contribution in [2.24, 2.45) is 4.40 Å². The maximum absolute atomic E-state index is 3.96. The third-order valence-electron chi connectivity index (χ3n) is 0.713. The fraction of sp³-hybridized carbons (Fsp3) is 0.286. The van der Waals surface area contributed by atoms with Crippen molar-refractivity contribution in [2.45, 2.75) is 6.92 Å². The molecule has 0 atom stereocenters. The highest BCUT2D eigenvalue weighted by Crippen LogP contribution is 2.06. The van der Waals surface area contributed by atoms with Crippen LogP contribution in [0.25, 0.3) is 0 Å². The average Bonchev–Trinajstić information content (AvgIpc) is 1.97. The van der Waals surface area contributed by atoms with Crippen LogP contribution in [0.3, 0.4) is 0 Å². The molecule has 56 valence electrons. The Hall–Kier alpha value is -0.700. The second kappa shape index (κ2) is 6.42. The number of rotatable bonds is 4. The van der Waals surface area contributed by atoms with Gasteiger partial charge in [0.2, 0.25) is 0 Å². The quantitative estimate of drug-likeness (QED) is 0.352. The Morgan fingerprint density at radius 2 is 2.30 bits per heavy atom. The number of nitrogens with zero attached hydrogens (tertiary/aromatic N) is 2. The first-order valence-corrected chi connectivity index (χ1v) is 3.71. The Bertz CT molecular complexity index is 141. The normalized spacial score (nSPS) is 11.0. The topological polar surface area (TPSA) is 15.6 Å². The highest BCUT2D eigenvalue weighted by Gasteiger charge is 1.83. The number of hydrogen-bond donors (Lipinski definition) is 0. The van der Waals surface area contributed by atoms with E-state index in [9.17, 15) is 0 Å². The van der Waals surface area contributed by atoms with Crippen LogP contribution in [0.15, 0.2) is 29.3 Å². The van der Waals surface area contributed by atoms with E-state index in [2.05, 4.69) is 11.0 Å². The Morgan fingerprint density at radius 3 is 2.80 bits per heavy atom. The van der Waals surface area contributed by atoms with Gasteiger partial charge in [0.25, 0.3) is 0 Å². The molecule has 2 nitrogen and oxygen atoms in total. The first kappa shape index (κ1) is 9.30. The van der Waals surface area contributed by atoms with Gasteiger partial charge in [0.15, 0.2) is 0 Å². The van der Waals surface area contributed by atoms with Gasteiger partial charge in [-0.1, -0.05) is 12.7 Å². The summed E-state index contributed by atoms with van der Waals surface area (Å²) in [4.78, 5) is 0. The van der Waals surface area contributed by atoms with Crippen molar-refractivity contribution in [3.8, 4) is 0 Å². The molecule has 0 unspecified atom stereocenters. The molecule has 0 aromatic carbocycles. The van der Waals surface area contributed by atoms with E-state index < -0.39 is 0 Å². The molecule has 0 spiro atoms. The van der Waals surface area contributed by atoms with Gasteiger partial charge in [-0.15, -0.1) is 0 Å². The first-order valence-electron chi connectivity index (χ1n) is 2.98. The summed E-state index contributed by atoms with van der Waals surface area (Å²) >= 11 is 1.38. The second-order valence-electron chi connectivity index (χ2n) is 1.57. The molecule has 0 heterocycles. The van der Waals surface area contributed by atoms with E-state index in [4.69, 9.17) is 0 Å². The van der Waals surface area contributed by atoms with Gasteiger partial charge in [-0.05, 0) is 13.0 Å². The molecule has 0 aliphatic carbocycles. The lowest BCUT2D eigenvalue weighted by Crippen LogP contribution is -1.95. The molecule has 3 heteroatoms. The van der Waals surface area contributed by atoms with Crippen molar-refractivity contribution in [2.75, 3.05) is 7.05 Å². The SMILES string of the molecule is C=C/C=C\N(C)S/N=C\C. The summed E-state index contributed by atoms with van der Waals surface area (Å²) in [6, 6.07) is 0. The van der Waals surface area contributed by atoms with Crippen LogP contribution in [-0.4, -0.2) is 17.6 Å². The summed E-state index contributed by atoms with van der Waals surface area (Å²) in [5.41, 5.74) is 0. The van der Waals surface area contributed by atoms with Gasteiger partial charge in [-0.3, -0.25) is 0 Å². The van der Waals surface area contributed by atoms with E-state index in [1.807, 2.05) is 30.6 Å². The molecule has 0 aliphatic heterocycles. The Balaban J connectivity index is 3.51. The predicted molar refractivity (Wildman–Crippen MR) is 48.9 cm³/mol. The van der Waals surface area contributed by atoms with E-state index in [0.717, 1.165) is 0 Å². The molecule has 0 radical (unpaired) electrons. The lowest BCUT2D eigenvalue weighted by atomic mass is 10.6. The van der Waals surface area contributed by atoms with Crippen molar-refractivity contribution in [3.63, 3.8) is 0 Å². The summed E-state index contributed by atoms with van der Waals surface area (Å²) in [6.45, 7) is 5.44. The fourth-order valence-corrected chi connectivity index (χ4v) is 0.698. The molecular formula is C7H12N2S. The summed E-state index contributed by atoms with van der Waals surface area (Å²) in [6.07, 6.45) is 7.23. The maximum atomic E-state index is 3.96. The second-order valence-corrected chi connectivity index (χ2v) is 2.52. The average molecular weight is 156 g/mol. The van der Waals surface area contributed by atoms with Crippen molar-refractivity contribution >= 4 is 18.3 Å². The first-order chi connectivity index (χ1) is 4.81. The highest BCUT2D eigenvalue weighted by molar-refractivity contribution is 7.95. The molecular weight excluding hydrogens is 144 g/mol. The summed E-state index contributed by atoms with van der Waals surface area (Å²) in [5.74, 6) is 0. The molecule has 10 heavy (non-hydrogen) atoms. The fourth-order valence-electron chi connectivity index (χ4n) is 0.331. The van der Waals surface area contributed by atoms with Gasteiger partial charge in [-0.2, -0.15) is 0 Å². The van der Waals surface area contributed by atoms with Crippen LogP contribution in [0.5, 0.6) is 0 Å². The van der Waals surface area contributed by atoms with Gasteiger partial charge >= 0.3 is 0 Å². The van der Waals surface area contributed by atoms with Crippen molar-refractivity contribution in [1.29, 1.82) is 0 Å². The summed E-state index contributed by atoms with van der Waals surface area (Å²) < 4.78 is 5.85. The van der Waals surface area contributed by atoms with E-state index in [0.29, 0.717) is 0 Å². The van der Waals surface area contributed by atoms with E-state index in [-0.39, 0.29) is 0 Å². The molecule has 0 aromatic rings. The zero-order valence-corrected chi connectivity index (χ0v) is 7.14. The van der Waals surface area contributed by atoms with Crippen LogP contribution in [0.1, 0.15) is 6.92 Å². The van der Waals surface area contributed by atoms with E-state index in [1.165, 1.54) is 12.1 Å². The van der Waals surface area contributed by atoms with Crippen LogP contribution >= 0.6 is 12.1 Å². The van der Waals surface area contributed by atoms with Crippen molar-refractivity contribution < 1.29 is 0 Å². The molecule has 0 amide bonds. The summed E-state index contributed by atoms with van der Waals surface area (Å²) in [7, 11) is 1.93. The highest BCUT2D eigenvalue weighted by atomic mass is 32.2. The van der Waals surface area contributed by atoms with Gasteiger partial charge in [0, 0.05) is 19.5 Å².